The lowest BCUT2D eigenvalue weighted by molar-refractivity contribution is 0.108. The molecule has 8 nitrogen and oxygen atoms in total. The van der Waals surface area contributed by atoms with Gasteiger partial charge in [-0.1, -0.05) is 11.3 Å². The number of nitrogens with zero attached hydrogens (tertiary/aromatic N) is 4. The predicted molar refractivity (Wildman–Crippen MR) is 126 cm³/mol. The highest BCUT2D eigenvalue weighted by Crippen LogP contribution is 2.36. The fourth-order valence-electron chi connectivity index (χ4n) is 4.72. The van der Waals surface area contributed by atoms with Gasteiger partial charge in [0.2, 0.25) is 0 Å². The molecular formula is C24H25N5O3S. The highest BCUT2D eigenvalue weighted by molar-refractivity contribution is 7.20. The Morgan fingerprint density at radius 1 is 1.21 bits per heavy atom. The van der Waals surface area contributed by atoms with Gasteiger partial charge >= 0.3 is 6.03 Å². The van der Waals surface area contributed by atoms with Crippen molar-refractivity contribution in [3.05, 3.63) is 48.4 Å². The number of carbonyl (C=O) groups excluding carboxylic acids is 1. The Labute approximate surface area is 194 Å². The van der Waals surface area contributed by atoms with Crippen molar-refractivity contribution in [2.45, 2.75) is 44.3 Å². The first-order chi connectivity index (χ1) is 16.1. The Hall–Kier alpha value is -3.17. The number of hydrogen-bond acceptors (Lipinski definition) is 7. The lowest BCUT2D eigenvalue weighted by Crippen LogP contribution is -2.48. The van der Waals surface area contributed by atoms with Crippen molar-refractivity contribution < 1.29 is 13.9 Å². The Morgan fingerprint density at radius 2 is 2.03 bits per heavy atom. The topological polar surface area (TPSA) is 97.7 Å². The van der Waals surface area contributed by atoms with Crippen LogP contribution in [0.3, 0.4) is 0 Å². The van der Waals surface area contributed by atoms with Crippen molar-refractivity contribution in [2.24, 2.45) is 5.73 Å². The van der Waals surface area contributed by atoms with Gasteiger partial charge in [-0.2, -0.15) is 4.98 Å². The van der Waals surface area contributed by atoms with Gasteiger partial charge in [-0.3, -0.25) is 4.90 Å². The molecule has 2 aliphatic rings. The SMILES string of the molecule is NC(=O)N1CCC(N(Cc2coc3cc(Oc4nc5ncccc5s4)ccc23)C2CC2)CC1. The van der Waals surface area contributed by atoms with Crippen LogP contribution < -0.4 is 10.5 Å². The number of ether oxygens (including phenoxy) is 1. The quantitative estimate of drug-likeness (QED) is 0.444. The molecule has 0 unspecified atom stereocenters. The van der Waals surface area contributed by atoms with Crippen LogP contribution in [0.1, 0.15) is 31.2 Å². The highest BCUT2D eigenvalue weighted by atomic mass is 32.1. The summed E-state index contributed by atoms with van der Waals surface area (Å²) in [5.74, 6) is 0.695. The zero-order valence-corrected chi connectivity index (χ0v) is 19.0. The standard InChI is InChI=1S/C24H25N5O3S/c25-23(30)28-10-7-17(8-11-28)29(16-3-4-16)13-15-14-31-20-12-18(5-6-19(15)20)32-24-27-22-21(33-24)2-1-9-26-22/h1-2,5-6,9,12,14,16-17H,3-4,7-8,10-11,13H2,(H2,25,30). The van der Waals surface area contributed by atoms with E-state index in [1.807, 2.05) is 30.5 Å². The van der Waals surface area contributed by atoms with Gasteiger partial charge in [-0.15, -0.1) is 0 Å². The van der Waals surface area contributed by atoms with Crippen molar-refractivity contribution in [3.63, 3.8) is 0 Å². The molecule has 3 aromatic heterocycles. The number of piperidine rings is 1. The average Bonchev–Trinajstić information content (AvgIpc) is 3.46. The highest BCUT2D eigenvalue weighted by Gasteiger charge is 2.36. The molecule has 1 aromatic carbocycles. The third kappa shape index (κ3) is 4.14. The molecule has 2 fully saturated rings. The molecule has 1 saturated carbocycles. The number of aromatic nitrogens is 2. The summed E-state index contributed by atoms with van der Waals surface area (Å²) in [4.78, 5) is 24.5. The second kappa shape index (κ2) is 8.31. The van der Waals surface area contributed by atoms with Gasteiger partial charge in [-0.05, 0) is 49.9 Å². The first-order valence-electron chi connectivity index (χ1n) is 11.3. The number of likely N-dealkylation sites (tertiary alicyclic amines) is 1. The fraction of sp³-hybridized carbons (Fsp3) is 0.375. The molecule has 6 rings (SSSR count). The third-order valence-electron chi connectivity index (χ3n) is 6.59. The smallest absolute Gasteiger partial charge is 0.314 e. The van der Waals surface area contributed by atoms with Gasteiger partial charge in [0, 0.05) is 54.9 Å². The van der Waals surface area contributed by atoms with Crippen LogP contribution in [-0.2, 0) is 6.54 Å². The zero-order chi connectivity index (χ0) is 22.4. The molecule has 0 radical (unpaired) electrons. The number of hydrogen-bond donors (Lipinski definition) is 1. The van der Waals surface area contributed by atoms with Gasteiger partial charge < -0.3 is 19.8 Å². The van der Waals surface area contributed by atoms with E-state index in [0.29, 0.717) is 28.7 Å². The lowest BCUT2D eigenvalue weighted by atomic mass is 10.0. The van der Waals surface area contributed by atoms with Crippen LogP contribution >= 0.6 is 11.3 Å². The molecule has 33 heavy (non-hydrogen) atoms. The maximum atomic E-state index is 11.5. The molecule has 4 heterocycles. The fourth-order valence-corrected chi connectivity index (χ4v) is 5.51. The summed E-state index contributed by atoms with van der Waals surface area (Å²) in [7, 11) is 0. The van der Waals surface area contributed by atoms with Crippen LogP contribution in [0.25, 0.3) is 21.3 Å². The van der Waals surface area contributed by atoms with Gasteiger partial charge in [-0.25, -0.2) is 9.78 Å². The summed E-state index contributed by atoms with van der Waals surface area (Å²) >= 11 is 1.47. The minimum absolute atomic E-state index is 0.313. The molecule has 0 spiro atoms. The number of rotatable bonds is 6. The van der Waals surface area contributed by atoms with Crippen molar-refractivity contribution in [1.82, 2.24) is 19.8 Å². The number of carbonyl (C=O) groups is 1. The van der Waals surface area contributed by atoms with E-state index in [4.69, 9.17) is 14.9 Å². The molecule has 2 N–H and O–H groups in total. The summed E-state index contributed by atoms with van der Waals surface area (Å²) in [6.45, 7) is 2.32. The number of furan rings is 1. The lowest BCUT2D eigenvalue weighted by Gasteiger charge is -2.38. The van der Waals surface area contributed by atoms with E-state index in [2.05, 4.69) is 20.9 Å². The van der Waals surface area contributed by atoms with Gasteiger partial charge in [0.1, 0.15) is 11.3 Å². The summed E-state index contributed by atoms with van der Waals surface area (Å²) in [5, 5.41) is 1.67. The van der Waals surface area contributed by atoms with Crippen molar-refractivity contribution >= 4 is 38.7 Å². The van der Waals surface area contributed by atoms with E-state index in [9.17, 15) is 4.79 Å². The van der Waals surface area contributed by atoms with E-state index in [-0.39, 0.29) is 6.03 Å². The number of benzene rings is 1. The van der Waals surface area contributed by atoms with E-state index < -0.39 is 0 Å². The van der Waals surface area contributed by atoms with Gasteiger partial charge in [0.15, 0.2) is 5.65 Å². The molecule has 4 aromatic rings. The number of fused-ring (bicyclic) bond motifs is 2. The van der Waals surface area contributed by atoms with Crippen molar-refractivity contribution in [3.8, 4) is 10.9 Å². The maximum absolute atomic E-state index is 11.5. The molecule has 9 heteroatoms. The molecule has 0 bridgehead atoms. The van der Waals surface area contributed by atoms with Crippen LogP contribution in [0.5, 0.6) is 10.9 Å². The van der Waals surface area contributed by atoms with E-state index in [0.717, 1.165) is 48.1 Å². The Balaban J connectivity index is 1.18. The minimum Gasteiger partial charge on any atom is -0.464 e. The second-order valence-electron chi connectivity index (χ2n) is 8.79. The minimum atomic E-state index is -0.313. The van der Waals surface area contributed by atoms with Crippen LogP contribution in [-0.4, -0.2) is 51.0 Å². The first-order valence-corrected chi connectivity index (χ1v) is 12.2. The number of primary amides is 1. The van der Waals surface area contributed by atoms with E-state index in [1.165, 1.54) is 29.7 Å². The largest absolute Gasteiger partial charge is 0.464 e. The van der Waals surface area contributed by atoms with Crippen molar-refractivity contribution in [2.75, 3.05) is 13.1 Å². The zero-order valence-electron chi connectivity index (χ0n) is 18.1. The molecule has 0 atom stereocenters. The summed E-state index contributed by atoms with van der Waals surface area (Å²) < 4.78 is 12.9. The Kier molecular flexibility index (Phi) is 5.15. The summed E-state index contributed by atoms with van der Waals surface area (Å²) in [5.41, 5.74) is 8.14. The van der Waals surface area contributed by atoms with E-state index >= 15 is 0 Å². The number of amides is 2. The molecule has 1 aliphatic carbocycles. The van der Waals surface area contributed by atoms with E-state index in [1.54, 1.807) is 11.1 Å². The average molecular weight is 464 g/mol. The number of pyridine rings is 1. The summed E-state index contributed by atoms with van der Waals surface area (Å²) in [6, 6.07) is 10.6. The van der Waals surface area contributed by atoms with Gasteiger partial charge in [0.05, 0.1) is 11.0 Å². The second-order valence-corrected chi connectivity index (χ2v) is 9.78. The number of nitrogens with two attached hydrogens (primary N) is 1. The monoisotopic (exact) mass is 463 g/mol. The molecule has 1 saturated heterocycles. The molecule has 2 amide bonds. The number of urea groups is 1. The van der Waals surface area contributed by atoms with Crippen molar-refractivity contribution in [1.29, 1.82) is 0 Å². The molecule has 1 aliphatic heterocycles. The van der Waals surface area contributed by atoms with Gasteiger partial charge in [0.25, 0.3) is 5.19 Å². The Bertz CT molecular complexity index is 1270. The van der Waals surface area contributed by atoms with Crippen LogP contribution in [0.4, 0.5) is 4.79 Å². The van der Waals surface area contributed by atoms with Crippen LogP contribution in [0.15, 0.2) is 47.2 Å². The van der Waals surface area contributed by atoms with Crippen LogP contribution in [0.2, 0.25) is 0 Å². The Morgan fingerprint density at radius 3 is 2.79 bits per heavy atom. The predicted octanol–water partition coefficient (Wildman–Crippen LogP) is 4.74. The number of thiazole rings is 1. The first kappa shape index (κ1) is 20.4. The normalized spacial score (nSPS) is 17.3. The molecular weight excluding hydrogens is 438 g/mol. The summed E-state index contributed by atoms with van der Waals surface area (Å²) in [6.07, 6.45) is 7.99. The molecule has 170 valence electrons. The maximum Gasteiger partial charge on any atom is 0.314 e. The van der Waals surface area contributed by atoms with Crippen LogP contribution in [0, 0.1) is 0 Å². The third-order valence-corrected chi connectivity index (χ3v) is 7.48.